The summed E-state index contributed by atoms with van der Waals surface area (Å²) >= 11 is 0. The van der Waals surface area contributed by atoms with Crippen molar-refractivity contribution in [1.29, 1.82) is 0 Å². The SMILES string of the molecule is CC(C)(C)[Si](/C=C/c1ccccc1)(c1ccccc1)c1ccccc1. The van der Waals surface area contributed by atoms with Crippen LogP contribution in [0.5, 0.6) is 0 Å². The summed E-state index contributed by atoms with van der Waals surface area (Å²) in [6.07, 6.45) is 2.32. The minimum Gasteiger partial charge on any atom is -0.0849 e. The zero-order valence-corrected chi connectivity index (χ0v) is 16.3. The van der Waals surface area contributed by atoms with Gasteiger partial charge in [-0.1, -0.05) is 124 Å². The number of rotatable bonds is 4. The van der Waals surface area contributed by atoms with Crippen molar-refractivity contribution in [2.45, 2.75) is 25.8 Å². The molecular formula is C24H26Si. The molecule has 0 fully saturated rings. The van der Waals surface area contributed by atoms with E-state index >= 15 is 0 Å². The maximum absolute atomic E-state index is 2.52. The molecule has 3 rings (SSSR count). The van der Waals surface area contributed by atoms with Crippen molar-refractivity contribution in [3.63, 3.8) is 0 Å². The van der Waals surface area contributed by atoms with Crippen LogP contribution in [0.25, 0.3) is 6.08 Å². The van der Waals surface area contributed by atoms with Crippen molar-refractivity contribution < 1.29 is 0 Å². The van der Waals surface area contributed by atoms with Gasteiger partial charge >= 0.3 is 0 Å². The predicted molar refractivity (Wildman–Crippen MR) is 113 cm³/mol. The van der Waals surface area contributed by atoms with Crippen LogP contribution in [0.3, 0.4) is 0 Å². The highest BCUT2D eigenvalue weighted by Gasteiger charge is 2.45. The molecular weight excluding hydrogens is 316 g/mol. The third-order valence-corrected chi connectivity index (χ3v) is 10.5. The van der Waals surface area contributed by atoms with E-state index in [4.69, 9.17) is 0 Å². The molecule has 0 aromatic heterocycles. The minimum absolute atomic E-state index is 0.154. The first-order valence-electron chi connectivity index (χ1n) is 8.89. The van der Waals surface area contributed by atoms with E-state index < -0.39 is 8.07 Å². The van der Waals surface area contributed by atoms with E-state index in [-0.39, 0.29) is 5.04 Å². The molecule has 0 amide bonds. The summed E-state index contributed by atoms with van der Waals surface area (Å²) in [6, 6.07) is 32.7. The van der Waals surface area contributed by atoms with Crippen LogP contribution in [0, 0.1) is 0 Å². The molecule has 0 nitrogen and oxygen atoms in total. The summed E-state index contributed by atoms with van der Waals surface area (Å²) in [5.74, 6) is 0. The van der Waals surface area contributed by atoms with Crippen molar-refractivity contribution >= 4 is 24.5 Å². The first kappa shape index (κ1) is 17.4. The van der Waals surface area contributed by atoms with Crippen LogP contribution in [0.2, 0.25) is 5.04 Å². The molecule has 126 valence electrons. The summed E-state index contributed by atoms with van der Waals surface area (Å²) in [5, 5.41) is 3.07. The van der Waals surface area contributed by atoms with Gasteiger partial charge in [0.25, 0.3) is 0 Å². The molecule has 0 saturated carbocycles. The van der Waals surface area contributed by atoms with Crippen LogP contribution >= 0.6 is 0 Å². The van der Waals surface area contributed by atoms with Crippen molar-refractivity contribution in [3.05, 3.63) is 102 Å². The van der Waals surface area contributed by atoms with Gasteiger partial charge in [-0.3, -0.25) is 0 Å². The second-order valence-electron chi connectivity index (χ2n) is 7.53. The second-order valence-corrected chi connectivity index (χ2v) is 12.1. The minimum atomic E-state index is -2.11. The smallest absolute Gasteiger partial charge is 0.0849 e. The molecule has 0 aliphatic heterocycles. The monoisotopic (exact) mass is 342 g/mol. The van der Waals surface area contributed by atoms with Crippen molar-refractivity contribution in [2.75, 3.05) is 0 Å². The molecule has 0 atom stereocenters. The highest BCUT2D eigenvalue weighted by molar-refractivity contribution is 7.08. The van der Waals surface area contributed by atoms with Crippen molar-refractivity contribution in [1.82, 2.24) is 0 Å². The van der Waals surface area contributed by atoms with Crippen molar-refractivity contribution in [2.24, 2.45) is 0 Å². The van der Waals surface area contributed by atoms with E-state index in [1.165, 1.54) is 15.9 Å². The molecule has 0 aliphatic carbocycles. The Morgan fingerprint density at radius 1 is 0.600 bits per heavy atom. The van der Waals surface area contributed by atoms with E-state index in [1.807, 2.05) is 0 Å². The number of hydrogen-bond donors (Lipinski definition) is 0. The molecule has 0 bridgehead atoms. The fraction of sp³-hybridized carbons (Fsp3) is 0.167. The Morgan fingerprint density at radius 2 is 1.00 bits per heavy atom. The maximum atomic E-state index is 2.52. The molecule has 0 heterocycles. The molecule has 0 aliphatic rings. The van der Waals surface area contributed by atoms with Gasteiger partial charge in [0.05, 0.1) is 0 Å². The number of hydrogen-bond acceptors (Lipinski definition) is 0. The third-order valence-electron chi connectivity index (χ3n) is 4.97. The predicted octanol–water partition coefficient (Wildman–Crippen LogP) is 5.30. The van der Waals surface area contributed by atoms with Crippen LogP contribution in [0.4, 0.5) is 0 Å². The van der Waals surface area contributed by atoms with Gasteiger partial charge in [0, 0.05) is 0 Å². The molecule has 3 aromatic rings. The highest BCUT2D eigenvalue weighted by atomic mass is 28.3. The van der Waals surface area contributed by atoms with E-state index in [2.05, 4.69) is 124 Å². The Morgan fingerprint density at radius 3 is 1.40 bits per heavy atom. The standard InChI is InChI=1S/C24H26Si/c1-24(2,3)25(22-15-9-5-10-16-22,23-17-11-6-12-18-23)20-19-21-13-7-4-8-14-21/h4-20H,1-3H3/b20-19+. The Kier molecular flexibility index (Phi) is 5.05. The Hall–Kier alpha value is -2.38. The van der Waals surface area contributed by atoms with Gasteiger partial charge in [-0.2, -0.15) is 0 Å². The molecule has 0 saturated heterocycles. The summed E-state index contributed by atoms with van der Waals surface area (Å²) in [7, 11) is -2.11. The lowest BCUT2D eigenvalue weighted by Gasteiger charge is -2.42. The topological polar surface area (TPSA) is 0 Å². The third kappa shape index (κ3) is 3.52. The normalized spacial score (nSPS) is 12.4. The molecule has 3 aromatic carbocycles. The van der Waals surface area contributed by atoms with Gasteiger partial charge in [0.15, 0.2) is 0 Å². The van der Waals surface area contributed by atoms with E-state index in [0.717, 1.165) is 0 Å². The summed E-state index contributed by atoms with van der Waals surface area (Å²) in [5.41, 5.74) is 3.78. The van der Waals surface area contributed by atoms with Crippen LogP contribution < -0.4 is 10.4 Å². The summed E-state index contributed by atoms with van der Waals surface area (Å²) < 4.78 is 0. The zero-order valence-electron chi connectivity index (χ0n) is 15.3. The van der Waals surface area contributed by atoms with Gasteiger partial charge in [-0.15, -0.1) is 0 Å². The average molecular weight is 343 g/mol. The molecule has 0 radical (unpaired) electrons. The Bertz CT molecular complexity index is 773. The molecule has 25 heavy (non-hydrogen) atoms. The summed E-state index contributed by atoms with van der Waals surface area (Å²) in [6.45, 7) is 7.15. The lowest BCUT2D eigenvalue weighted by Crippen LogP contribution is -2.63. The molecule has 0 unspecified atom stereocenters. The first-order chi connectivity index (χ1) is 12.0. The average Bonchev–Trinajstić information content (AvgIpc) is 2.64. The van der Waals surface area contributed by atoms with Crippen LogP contribution in [0.15, 0.2) is 96.7 Å². The van der Waals surface area contributed by atoms with E-state index in [0.29, 0.717) is 0 Å². The molecule has 0 N–H and O–H groups in total. The van der Waals surface area contributed by atoms with Gasteiger partial charge in [-0.25, -0.2) is 0 Å². The van der Waals surface area contributed by atoms with Crippen LogP contribution in [-0.2, 0) is 0 Å². The largest absolute Gasteiger partial charge is 0.146 e. The van der Waals surface area contributed by atoms with Gasteiger partial charge in [0.1, 0.15) is 8.07 Å². The fourth-order valence-electron chi connectivity index (χ4n) is 3.66. The highest BCUT2D eigenvalue weighted by Crippen LogP contribution is 2.37. The lowest BCUT2D eigenvalue weighted by molar-refractivity contribution is 0.739. The molecule has 1 heteroatoms. The van der Waals surface area contributed by atoms with E-state index in [9.17, 15) is 0 Å². The first-order valence-corrected chi connectivity index (χ1v) is 11.0. The Labute approximate surface area is 152 Å². The van der Waals surface area contributed by atoms with E-state index in [1.54, 1.807) is 0 Å². The maximum Gasteiger partial charge on any atom is 0.146 e. The fourth-order valence-corrected chi connectivity index (χ4v) is 8.49. The van der Waals surface area contributed by atoms with Crippen LogP contribution in [0.1, 0.15) is 26.3 Å². The number of benzene rings is 3. The van der Waals surface area contributed by atoms with Gasteiger partial charge in [-0.05, 0) is 21.0 Å². The second kappa shape index (κ2) is 7.24. The van der Waals surface area contributed by atoms with Gasteiger partial charge in [0.2, 0.25) is 0 Å². The van der Waals surface area contributed by atoms with Gasteiger partial charge < -0.3 is 0 Å². The molecule has 0 spiro atoms. The summed E-state index contributed by atoms with van der Waals surface area (Å²) in [4.78, 5) is 0. The Balaban J connectivity index is 2.24. The van der Waals surface area contributed by atoms with Crippen LogP contribution in [-0.4, -0.2) is 8.07 Å². The quantitative estimate of drug-likeness (QED) is 0.564. The van der Waals surface area contributed by atoms with Crippen molar-refractivity contribution in [3.8, 4) is 0 Å². The lowest BCUT2D eigenvalue weighted by atomic mass is 10.2. The zero-order chi connectivity index (χ0) is 17.8.